The van der Waals surface area contributed by atoms with Crippen LogP contribution in [0.15, 0.2) is 18.2 Å². The minimum absolute atomic E-state index is 0.419. The summed E-state index contributed by atoms with van der Waals surface area (Å²) in [5.74, 6) is 0. The van der Waals surface area contributed by atoms with Crippen molar-refractivity contribution in [2.45, 2.75) is 13.6 Å². The first-order valence-corrected chi connectivity index (χ1v) is 3.43. The van der Waals surface area contributed by atoms with Gasteiger partial charge in [0.25, 0.3) is 0 Å². The monoisotopic (exact) mass is 158 g/mol. The number of hydrogen-bond acceptors (Lipinski definition) is 0. The zero-order chi connectivity index (χ0) is 7.56. The highest BCUT2D eigenvalue weighted by Crippen LogP contribution is 2.16. The van der Waals surface area contributed by atoms with Crippen LogP contribution in [0.4, 0.5) is 4.39 Å². The molecule has 10 heavy (non-hydrogen) atoms. The van der Waals surface area contributed by atoms with Crippen molar-refractivity contribution in [2.24, 2.45) is 0 Å². The Morgan fingerprint density at radius 2 is 2.20 bits per heavy atom. The zero-order valence-electron chi connectivity index (χ0n) is 5.70. The maximum Gasteiger partial charge on any atom is 0.115 e. The van der Waals surface area contributed by atoms with Gasteiger partial charge in [0.1, 0.15) is 6.67 Å². The molecule has 0 N–H and O–H groups in total. The minimum atomic E-state index is -0.419. The molecule has 1 rings (SSSR count). The molecule has 0 fully saturated rings. The first-order valence-electron chi connectivity index (χ1n) is 3.05. The summed E-state index contributed by atoms with van der Waals surface area (Å²) < 4.78 is 12.0. The Balaban J connectivity index is 3.04. The van der Waals surface area contributed by atoms with Crippen molar-refractivity contribution in [2.75, 3.05) is 0 Å². The van der Waals surface area contributed by atoms with Crippen LogP contribution in [-0.2, 0) is 6.67 Å². The molecule has 2 heteroatoms. The molecular formula is C8H8ClF. The highest BCUT2D eigenvalue weighted by molar-refractivity contribution is 6.31. The van der Waals surface area contributed by atoms with E-state index in [0.29, 0.717) is 10.6 Å². The highest BCUT2D eigenvalue weighted by atomic mass is 35.5. The van der Waals surface area contributed by atoms with Crippen LogP contribution in [0.3, 0.4) is 0 Å². The molecule has 0 aliphatic carbocycles. The van der Waals surface area contributed by atoms with E-state index in [1.807, 2.05) is 6.92 Å². The third-order valence-electron chi connectivity index (χ3n) is 1.38. The molecule has 0 spiro atoms. The maximum atomic E-state index is 12.0. The lowest BCUT2D eigenvalue weighted by Crippen LogP contribution is -1.80. The summed E-state index contributed by atoms with van der Waals surface area (Å²) in [5.41, 5.74) is 1.61. The molecule has 0 atom stereocenters. The lowest BCUT2D eigenvalue weighted by atomic mass is 10.1. The van der Waals surface area contributed by atoms with E-state index in [2.05, 4.69) is 0 Å². The van der Waals surface area contributed by atoms with Gasteiger partial charge >= 0.3 is 0 Å². The summed E-state index contributed by atoms with van der Waals surface area (Å²) in [4.78, 5) is 0. The molecule has 0 aliphatic heterocycles. The molecule has 0 aliphatic rings. The molecule has 54 valence electrons. The maximum absolute atomic E-state index is 12.0. The predicted molar refractivity (Wildman–Crippen MR) is 41.0 cm³/mol. The molecular weight excluding hydrogens is 151 g/mol. The van der Waals surface area contributed by atoms with Crippen LogP contribution in [0.1, 0.15) is 11.1 Å². The van der Waals surface area contributed by atoms with Crippen LogP contribution in [0.5, 0.6) is 0 Å². The van der Waals surface area contributed by atoms with Gasteiger partial charge in [-0.3, -0.25) is 0 Å². The fraction of sp³-hybridized carbons (Fsp3) is 0.250. The van der Waals surface area contributed by atoms with Gasteiger partial charge in [0, 0.05) is 5.02 Å². The average Bonchev–Trinajstić information content (AvgIpc) is 1.95. The number of hydrogen-bond donors (Lipinski definition) is 0. The quantitative estimate of drug-likeness (QED) is 0.589. The molecule has 1 aromatic carbocycles. The third-order valence-corrected chi connectivity index (χ3v) is 1.80. The van der Waals surface area contributed by atoms with Crippen LogP contribution >= 0.6 is 11.6 Å². The smallest absolute Gasteiger partial charge is 0.115 e. The van der Waals surface area contributed by atoms with Gasteiger partial charge in [0.15, 0.2) is 0 Å². The van der Waals surface area contributed by atoms with E-state index in [-0.39, 0.29) is 0 Å². The Kier molecular flexibility index (Phi) is 2.28. The van der Waals surface area contributed by atoms with Gasteiger partial charge in [0.05, 0.1) is 0 Å². The minimum Gasteiger partial charge on any atom is -0.246 e. The number of benzene rings is 1. The molecule has 0 bridgehead atoms. The normalized spacial score (nSPS) is 9.90. The van der Waals surface area contributed by atoms with Crippen LogP contribution in [0.2, 0.25) is 5.02 Å². The van der Waals surface area contributed by atoms with Crippen molar-refractivity contribution < 1.29 is 4.39 Å². The average molecular weight is 159 g/mol. The molecule has 0 aromatic heterocycles. The van der Waals surface area contributed by atoms with Crippen LogP contribution in [-0.4, -0.2) is 0 Å². The van der Waals surface area contributed by atoms with Crippen molar-refractivity contribution >= 4 is 11.6 Å². The summed E-state index contributed by atoms with van der Waals surface area (Å²) in [7, 11) is 0. The predicted octanol–water partition coefficient (Wildman–Crippen LogP) is 3.12. The van der Waals surface area contributed by atoms with Gasteiger partial charge in [-0.05, 0) is 24.1 Å². The van der Waals surface area contributed by atoms with E-state index in [4.69, 9.17) is 11.6 Å². The Bertz CT molecular complexity index is 233. The fourth-order valence-corrected chi connectivity index (χ4v) is 0.907. The number of rotatable bonds is 1. The van der Waals surface area contributed by atoms with E-state index in [1.54, 1.807) is 18.2 Å². The molecule has 0 saturated heterocycles. The molecule has 0 radical (unpaired) electrons. The summed E-state index contributed by atoms with van der Waals surface area (Å²) in [6.45, 7) is 1.44. The van der Waals surface area contributed by atoms with Crippen molar-refractivity contribution in [3.8, 4) is 0 Å². The van der Waals surface area contributed by atoms with Crippen molar-refractivity contribution in [3.63, 3.8) is 0 Å². The second-order valence-electron chi connectivity index (χ2n) is 2.22. The highest BCUT2D eigenvalue weighted by Gasteiger charge is 1.95. The molecule has 0 saturated carbocycles. The number of alkyl halides is 1. The summed E-state index contributed by atoms with van der Waals surface area (Å²) in [5, 5.41) is 0.692. The van der Waals surface area contributed by atoms with Crippen LogP contribution in [0.25, 0.3) is 0 Å². The lowest BCUT2D eigenvalue weighted by Gasteiger charge is -1.98. The van der Waals surface area contributed by atoms with Gasteiger partial charge in [-0.2, -0.15) is 0 Å². The van der Waals surface area contributed by atoms with Gasteiger partial charge in [-0.15, -0.1) is 0 Å². The number of aryl methyl sites for hydroxylation is 1. The molecule has 1 aromatic rings. The Hall–Kier alpha value is -0.560. The van der Waals surface area contributed by atoms with E-state index in [1.165, 1.54) is 0 Å². The van der Waals surface area contributed by atoms with E-state index in [0.717, 1.165) is 5.56 Å². The Labute approximate surface area is 64.6 Å². The third kappa shape index (κ3) is 1.48. The van der Waals surface area contributed by atoms with Crippen molar-refractivity contribution in [1.82, 2.24) is 0 Å². The first-order chi connectivity index (χ1) is 4.74. The van der Waals surface area contributed by atoms with Gasteiger partial charge in [0.2, 0.25) is 0 Å². The molecule has 0 heterocycles. The van der Waals surface area contributed by atoms with Crippen LogP contribution in [0, 0.1) is 6.92 Å². The second-order valence-corrected chi connectivity index (χ2v) is 2.62. The van der Waals surface area contributed by atoms with E-state index in [9.17, 15) is 4.39 Å². The Morgan fingerprint density at radius 1 is 1.50 bits per heavy atom. The largest absolute Gasteiger partial charge is 0.246 e. The SMILES string of the molecule is Cc1cc(CF)ccc1Cl. The summed E-state index contributed by atoms with van der Waals surface area (Å²) in [6.07, 6.45) is 0. The van der Waals surface area contributed by atoms with Gasteiger partial charge in [-0.1, -0.05) is 23.7 Å². The summed E-state index contributed by atoms with van der Waals surface area (Å²) >= 11 is 5.72. The van der Waals surface area contributed by atoms with Gasteiger partial charge in [-0.25, -0.2) is 4.39 Å². The van der Waals surface area contributed by atoms with E-state index < -0.39 is 6.67 Å². The van der Waals surface area contributed by atoms with E-state index >= 15 is 0 Å². The molecule has 0 unspecified atom stereocenters. The first kappa shape index (κ1) is 7.55. The number of halogens is 2. The fourth-order valence-electron chi connectivity index (χ4n) is 0.790. The Morgan fingerprint density at radius 3 is 2.70 bits per heavy atom. The van der Waals surface area contributed by atoms with Gasteiger partial charge < -0.3 is 0 Å². The zero-order valence-corrected chi connectivity index (χ0v) is 6.45. The summed E-state index contributed by atoms with van der Waals surface area (Å²) in [6, 6.07) is 5.16. The lowest BCUT2D eigenvalue weighted by molar-refractivity contribution is 0.485. The molecule has 0 amide bonds. The second kappa shape index (κ2) is 3.02. The van der Waals surface area contributed by atoms with Crippen molar-refractivity contribution in [3.05, 3.63) is 34.3 Å². The van der Waals surface area contributed by atoms with Crippen molar-refractivity contribution in [1.29, 1.82) is 0 Å². The molecule has 0 nitrogen and oxygen atoms in total. The van der Waals surface area contributed by atoms with Crippen LogP contribution < -0.4 is 0 Å². The standard InChI is InChI=1S/C8H8ClF/c1-6-4-7(5-10)2-3-8(6)9/h2-4H,5H2,1H3. The topological polar surface area (TPSA) is 0 Å².